The Balaban J connectivity index is 0.000000791. The van der Waals surface area contributed by atoms with Crippen LogP contribution in [0.3, 0.4) is 0 Å². The fraction of sp³-hybridized carbons (Fsp3) is 0.143. The van der Waals surface area contributed by atoms with Crippen LogP contribution in [0.1, 0.15) is 0 Å². The van der Waals surface area contributed by atoms with Gasteiger partial charge in [-0.1, -0.05) is 0 Å². The van der Waals surface area contributed by atoms with Crippen LogP contribution in [0.15, 0.2) is 24.3 Å². The lowest BCUT2D eigenvalue weighted by molar-refractivity contribution is -0.394. The van der Waals surface area contributed by atoms with Gasteiger partial charge in [0, 0.05) is 12.1 Å². The molecule has 1 aromatic carbocycles. The molecule has 1 aromatic rings. The van der Waals surface area contributed by atoms with E-state index in [1.54, 1.807) is 6.26 Å². The molecule has 0 fully saturated rings. The van der Waals surface area contributed by atoms with Crippen LogP contribution in [-0.4, -0.2) is 16.1 Å². The summed E-state index contributed by atoms with van der Waals surface area (Å²) in [6.07, 6.45) is 1.69. The second-order valence-corrected chi connectivity index (χ2v) is 2.03. The van der Waals surface area contributed by atoms with Crippen molar-refractivity contribution in [1.82, 2.24) is 0 Å². The summed E-state index contributed by atoms with van der Waals surface area (Å²) >= 11 is 3.53. The van der Waals surface area contributed by atoms with Gasteiger partial charge in [0.1, 0.15) is 0 Å². The van der Waals surface area contributed by atoms with Crippen LogP contribution in [-0.2, 0) is 0 Å². The Morgan fingerprint density at radius 1 is 1.07 bits per heavy atom. The van der Waals surface area contributed by atoms with Gasteiger partial charge >= 0.3 is 0 Å². The summed E-state index contributed by atoms with van der Waals surface area (Å²) in [5, 5.41) is 20.3. The number of hydrogen-bond acceptors (Lipinski definition) is 5. The number of benzene rings is 1. The van der Waals surface area contributed by atoms with Crippen molar-refractivity contribution in [2.75, 3.05) is 6.26 Å². The summed E-state index contributed by atoms with van der Waals surface area (Å²) in [5.74, 6) is 0. The van der Waals surface area contributed by atoms with Gasteiger partial charge in [0.15, 0.2) is 0 Å². The number of thiol groups is 1. The quantitative estimate of drug-likeness (QED) is 0.465. The van der Waals surface area contributed by atoms with Crippen LogP contribution in [0.4, 0.5) is 11.4 Å². The third-order valence-electron chi connectivity index (χ3n) is 1.25. The molecule has 0 unspecified atom stereocenters. The molecule has 0 aromatic heterocycles. The zero-order valence-electron chi connectivity index (χ0n) is 7.28. The third kappa shape index (κ3) is 3.40. The minimum Gasteiger partial charge on any atom is -0.258 e. The predicted octanol–water partition coefficient (Wildman–Crippen LogP) is 2.05. The second-order valence-electron chi connectivity index (χ2n) is 2.03. The van der Waals surface area contributed by atoms with E-state index < -0.39 is 9.85 Å². The molecular weight excluding hydrogens is 208 g/mol. The summed E-state index contributed by atoms with van der Waals surface area (Å²) in [5.41, 5.74) is -0.548. The lowest BCUT2D eigenvalue weighted by Crippen LogP contribution is -1.91. The topological polar surface area (TPSA) is 86.3 Å². The van der Waals surface area contributed by atoms with Crippen LogP contribution < -0.4 is 0 Å². The van der Waals surface area contributed by atoms with Gasteiger partial charge in [0.05, 0.1) is 15.9 Å². The zero-order chi connectivity index (χ0) is 11.1. The van der Waals surface area contributed by atoms with Crippen molar-refractivity contribution in [3.05, 3.63) is 44.5 Å². The Hall–Kier alpha value is -1.63. The minimum absolute atomic E-state index is 0.274. The lowest BCUT2D eigenvalue weighted by Gasteiger charge is -1.90. The standard InChI is InChI=1S/C6H4N2O4.CH4S/c9-7(10)5-2-1-3-6(4-5)8(11)12;1-2/h1-4H;2H,1H3. The van der Waals surface area contributed by atoms with Gasteiger partial charge in [-0.25, -0.2) is 0 Å². The van der Waals surface area contributed by atoms with Crippen molar-refractivity contribution in [2.45, 2.75) is 0 Å². The van der Waals surface area contributed by atoms with Gasteiger partial charge in [-0.15, -0.1) is 0 Å². The molecule has 0 aliphatic heterocycles. The summed E-state index contributed by atoms with van der Waals surface area (Å²) in [7, 11) is 0. The first-order valence-corrected chi connectivity index (χ1v) is 4.34. The SMILES string of the molecule is CS.O=[N+]([O-])c1cccc([N+](=O)[O-])c1. The van der Waals surface area contributed by atoms with Crippen molar-refractivity contribution < 1.29 is 9.85 Å². The van der Waals surface area contributed by atoms with E-state index in [1.165, 1.54) is 18.2 Å². The van der Waals surface area contributed by atoms with Gasteiger partial charge < -0.3 is 0 Å². The largest absolute Gasteiger partial charge is 0.276 e. The van der Waals surface area contributed by atoms with Crippen molar-refractivity contribution >= 4 is 24.0 Å². The van der Waals surface area contributed by atoms with Crippen molar-refractivity contribution in [1.29, 1.82) is 0 Å². The summed E-state index contributed by atoms with van der Waals surface area (Å²) in [6.45, 7) is 0. The highest BCUT2D eigenvalue weighted by atomic mass is 32.1. The maximum absolute atomic E-state index is 10.2. The van der Waals surface area contributed by atoms with E-state index in [-0.39, 0.29) is 11.4 Å². The Bertz CT molecular complexity index is 313. The molecule has 0 heterocycles. The average molecular weight is 216 g/mol. The third-order valence-corrected chi connectivity index (χ3v) is 1.25. The van der Waals surface area contributed by atoms with E-state index in [2.05, 4.69) is 12.6 Å². The van der Waals surface area contributed by atoms with E-state index in [4.69, 9.17) is 0 Å². The Kier molecular flexibility index (Phi) is 5.23. The van der Waals surface area contributed by atoms with E-state index >= 15 is 0 Å². The van der Waals surface area contributed by atoms with Crippen LogP contribution in [0.5, 0.6) is 0 Å². The number of hydrogen-bond donors (Lipinski definition) is 1. The van der Waals surface area contributed by atoms with Crippen molar-refractivity contribution in [3.8, 4) is 0 Å². The van der Waals surface area contributed by atoms with E-state index in [1.807, 2.05) is 0 Å². The normalized spacial score (nSPS) is 8.43. The summed E-state index contributed by atoms with van der Waals surface area (Å²) in [6, 6.07) is 4.59. The number of nitrogens with zero attached hydrogens (tertiary/aromatic N) is 2. The molecule has 0 atom stereocenters. The first-order chi connectivity index (χ1) is 6.61. The Morgan fingerprint density at radius 2 is 1.43 bits per heavy atom. The molecule has 7 heteroatoms. The van der Waals surface area contributed by atoms with Crippen LogP contribution in [0.25, 0.3) is 0 Å². The fourth-order valence-corrected chi connectivity index (χ4v) is 0.720. The molecule has 0 bridgehead atoms. The second kappa shape index (κ2) is 5.92. The molecule has 0 radical (unpaired) electrons. The molecule has 1 rings (SSSR count). The highest BCUT2D eigenvalue weighted by Gasteiger charge is 2.11. The molecule has 0 amide bonds. The molecule has 6 nitrogen and oxygen atoms in total. The molecule has 0 aliphatic carbocycles. The Morgan fingerprint density at radius 3 is 1.71 bits per heavy atom. The maximum Gasteiger partial charge on any atom is 0.276 e. The monoisotopic (exact) mass is 216 g/mol. The molecular formula is C7H8N2O4S. The summed E-state index contributed by atoms with van der Waals surface area (Å²) in [4.78, 5) is 19.0. The lowest BCUT2D eigenvalue weighted by atomic mass is 10.3. The van der Waals surface area contributed by atoms with Crippen LogP contribution >= 0.6 is 12.6 Å². The highest BCUT2D eigenvalue weighted by Crippen LogP contribution is 2.18. The van der Waals surface area contributed by atoms with Crippen LogP contribution in [0.2, 0.25) is 0 Å². The summed E-state index contributed by atoms with van der Waals surface area (Å²) < 4.78 is 0. The molecule has 0 aliphatic rings. The van der Waals surface area contributed by atoms with Gasteiger partial charge in [0.2, 0.25) is 0 Å². The van der Waals surface area contributed by atoms with Gasteiger partial charge in [-0.3, -0.25) is 20.2 Å². The van der Waals surface area contributed by atoms with Gasteiger partial charge in [0.25, 0.3) is 11.4 Å². The molecule has 0 saturated heterocycles. The first kappa shape index (κ1) is 12.4. The highest BCUT2D eigenvalue weighted by molar-refractivity contribution is 7.79. The van der Waals surface area contributed by atoms with E-state index in [9.17, 15) is 20.2 Å². The van der Waals surface area contributed by atoms with Crippen molar-refractivity contribution in [3.63, 3.8) is 0 Å². The first-order valence-electron chi connectivity index (χ1n) is 3.45. The Labute approximate surface area is 85.3 Å². The number of nitro groups is 2. The molecule has 0 spiro atoms. The smallest absolute Gasteiger partial charge is 0.258 e. The minimum atomic E-state index is -0.674. The van der Waals surface area contributed by atoms with Crippen molar-refractivity contribution in [2.24, 2.45) is 0 Å². The van der Waals surface area contributed by atoms with Gasteiger partial charge in [-0.05, 0) is 12.3 Å². The number of nitro benzene ring substituents is 2. The van der Waals surface area contributed by atoms with E-state index in [0.717, 1.165) is 6.07 Å². The van der Waals surface area contributed by atoms with Crippen LogP contribution in [0, 0.1) is 20.2 Å². The maximum atomic E-state index is 10.2. The van der Waals surface area contributed by atoms with E-state index in [0.29, 0.717) is 0 Å². The molecule has 0 N–H and O–H groups in total. The zero-order valence-corrected chi connectivity index (χ0v) is 8.18. The average Bonchev–Trinajstić information content (AvgIpc) is 2.21. The molecule has 76 valence electrons. The predicted molar refractivity (Wildman–Crippen MR) is 54.7 cm³/mol. The fourth-order valence-electron chi connectivity index (χ4n) is 0.720. The molecule has 0 saturated carbocycles. The van der Waals surface area contributed by atoms with Gasteiger partial charge in [-0.2, -0.15) is 12.6 Å². The number of rotatable bonds is 2. The molecule has 14 heavy (non-hydrogen) atoms. The number of non-ortho nitro benzene ring substituents is 2.